The molecule has 1 saturated heterocycles. The summed E-state index contributed by atoms with van der Waals surface area (Å²) >= 11 is 0. The van der Waals surface area contributed by atoms with Gasteiger partial charge in [0.05, 0.1) is 28.9 Å². The molecule has 3 aromatic carbocycles. The zero-order chi connectivity index (χ0) is 26.3. The van der Waals surface area contributed by atoms with Crippen molar-refractivity contribution in [2.24, 2.45) is 7.05 Å². The molecule has 1 aliphatic rings. The summed E-state index contributed by atoms with van der Waals surface area (Å²) in [4.78, 5) is 17.4. The Hall–Kier alpha value is -4.02. The van der Waals surface area contributed by atoms with Crippen LogP contribution in [0.1, 0.15) is 36.6 Å². The highest BCUT2D eigenvalue weighted by molar-refractivity contribution is 5.93. The number of nitrogens with zero attached hydrogens (tertiary/aromatic N) is 4. The summed E-state index contributed by atoms with van der Waals surface area (Å²) < 4.78 is 29.1. The van der Waals surface area contributed by atoms with E-state index in [0.717, 1.165) is 27.7 Å². The lowest BCUT2D eigenvalue weighted by atomic mass is 9.93. The SMILES string of the molecule is C[C@H]1CN(C(c2ccc(F)cc2)c2ccc(F)cc2)[C@@H](C)CN1c1cc(=O)n(C)c2ccc(C#N)cc12. The lowest BCUT2D eigenvalue weighted by Crippen LogP contribution is -2.57. The van der Waals surface area contributed by atoms with E-state index in [9.17, 15) is 18.8 Å². The van der Waals surface area contributed by atoms with Gasteiger partial charge in [-0.3, -0.25) is 9.69 Å². The number of fused-ring (bicyclic) bond motifs is 1. The van der Waals surface area contributed by atoms with Crippen LogP contribution in [-0.4, -0.2) is 34.6 Å². The molecule has 5 nitrogen and oxygen atoms in total. The maximum Gasteiger partial charge on any atom is 0.252 e. The van der Waals surface area contributed by atoms with Gasteiger partial charge >= 0.3 is 0 Å². The second-order valence-corrected chi connectivity index (χ2v) is 9.82. The van der Waals surface area contributed by atoms with E-state index in [0.29, 0.717) is 18.7 Å². The number of hydrogen-bond donors (Lipinski definition) is 0. The maximum absolute atomic E-state index is 13.8. The number of anilines is 1. The summed E-state index contributed by atoms with van der Waals surface area (Å²) in [6, 6.07) is 22.1. The molecule has 2 heterocycles. The monoisotopic (exact) mass is 498 g/mol. The lowest BCUT2D eigenvalue weighted by molar-refractivity contribution is 0.130. The number of rotatable bonds is 4. The summed E-state index contributed by atoms with van der Waals surface area (Å²) in [5.74, 6) is -0.607. The quantitative estimate of drug-likeness (QED) is 0.379. The van der Waals surface area contributed by atoms with Crippen molar-refractivity contribution in [2.45, 2.75) is 32.0 Å². The average molecular weight is 499 g/mol. The minimum atomic E-state index is -0.304. The van der Waals surface area contributed by atoms with Crippen LogP contribution in [-0.2, 0) is 7.05 Å². The molecule has 4 aromatic rings. The number of pyridine rings is 1. The van der Waals surface area contributed by atoms with Crippen LogP contribution in [0.25, 0.3) is 10.9 Å². The molecule has 37 heavy (non-hydrogen) atoms. The highest BCUT2D eigenvalue weighted by Gasteiger charge is 2.35. The number of piperazine rings is 1. The first-order valence-corrected chi connectivity index (χ1v) is 12.3. The van der Waals surface area contributed by atoms with Gasteiger partial charge < -0.3 is 9.47 Å². The van der Waals surface area contributed by atoms with Crippen molar-refractivity contribution in [3.63, 3.8) is 0 Å². The van der Waals surface area contributed by atoms with E-state index in [4.69, 9.17) is 0 Å². The van der Waals surface area contributed by atoms with Gasteiger partial charge in [0, 0.05) is 43.7 Å². The van der Waals surface area contributed by atoms with Gasteiger partial charge in [-0.25, -0.2) is 8.78 Å². The van der Waals surface area contributed by atoms with Gasteiger partial charge in [-0.15, -0.1) is 0 Å². The van der Waals surface area contributed by atoms with Gasteiger partial charge in [-0.05, 0) is 67.4 Å². The van der Waals surface area contributed by atoms with E-state index in [-0.39, 0.29) is 35.3 Å². The third kappa shape index (κ3) is 4.61. The molecule has 1 fully saturated rings. The second-order valence-electron chi connectivity index (χ2n) is 9.82. The predicted molar refractivity (Wildman–Crippen MR) is 142 cm³/mol. The Labute approximate surface area is 214 Å². The van der Waals surface area contributed by atoms with Crippen molar-refractivity contribution in [3.05, 3.63) is 111 Å². The number of benzene rings is 3. The van der Waals surface area contributed by atoms with Crippen LogP contribution in [0.4, 0.5) is 14.5 Å². The van der Waals surface area contributed by atoms with Gasteiger partial charge in [-0.2, -0.15) is 5.26 Å². The molecule has 1 aromatic heterocycles. The summed E-state index contributed by atoms with van der Waals surface area (Å²) in [6.07, 6.45) is 0. The average Bonchev–Trinajstić information content (AvgIpc) is 2.90. The molecule has 0 saturated carbocycles. The van der Waals surface area contributed by atoms with Gasteiger partial charge in [-0.1, -0.05) is 24.3 Å². The van der Waals surface area contributed by atoms with Crippen molar-refractivity contribution in [3.8, 4) is 6.07 Å². The first-order valence-electron chi connectivity index (χ1n) is 12.3. The minimum absolute atomic E-state index is 0.0284. The van der Waals surface area contributed by atoms with Gasteiger partial charge in [0.2, 0.25) is 0 Å². The molecule has 0 unspecified atom stereocenters. The first kappa shape index (κ1) is 24.7. The summed E-state index contributed by atoms with van der Waals surface area (Å²) in [7, 11) is 1.74. The highest BCUT2D eigenvalue weighted by Crippen LogP contribution is 2.36. The fourth-order valence-electron chi connectivity index (χ4n) is 5.47. The Morgan fingerprint density at radius 3 is 2.03 bits per heavy atom. The van der Waals surface area contributed by atoms with E-state index in [2.05, 4.69) is 29.7 Å². The molecule has 0 aliphatic carbocycles. The zero-order valence-corrected chi connectivity index (χ0v) is 21.0. The summed E-state index contributed by atoms with van der Waals surface area (Å²) in [5, 5.41) is 10.3. The molecular weight excluding hydrogens is 470 g/mol. The van der Waals surface area contributed by atoms with Crippen molar-refractivity contribution in [1.29, 1.82) is 5.26 Å². The molecule has 0 radical (unpaired) electrons. The number of aromatic nitrogens is 1. The second kappa shape index (κ2) is 9.79. The molecular formula is C30H28F2N4O. The molecule has 2 atom stereocenters. The molecule has 1 aliphatic heterocycles. The Kier molecular flexibility index (Phi) is 6.53. The topological polar surface area (TPSA) is 52.3 Å². The minimum Gasteiger partial charge on any atom is -0.365 e. The summed E-state index contributed by atoms with van der Waals surface area (Å²) in [5.41, 5.74) is 3.88. The third-order valence-electron chi connectivity index (χ3n) is 7.40. The van der Waals surface area contributed by atoms with E-state index < -0.39 is 0 Å². The molecule has 0 bridgehead atoms. The van der Waals surface area contributed by atoms with Crippen molar-refractivity contribution >= 4 is 16.6 Å². The standard InChI is InChI=1S/C30H28F2N4O/c1-19-18-36(30(22-5-9-24(31)10-6-22)23-7-11-25(32)12-8-23)20(2)17-35(19)28-15-29(37)34(3)27-13-4-21(16-33)14-26(27)28/h4-15,19-20,30H,17-18H2,1-3H3/t19-,20-/m0/s1. The van der Waals surface area contributed by atoms with Crippen LogP contribution in [0.5, 0.6) is 0 Å². The number of aryl methyl sites for hydroxylation is 1. The smallest absolute Gasteiger partial charge is 0.252 e. The number of halogens is 2. The Bertz CT molecular complexity index is 1490. The van der Waals surface area contributed by atoms with E-state index in [1.54, 1.807) is 48.0 Å². The maximum atomic E-state index is 13.8. The van der Waals surface area contributed by atoms with E-state index in [1.165, 1.54) is 24.3 Å². The van der Waals surface area contributed by atoms with Crippen LogP contribution < -0.4 is 10.5 Å². The predicted octanol–water partition coefficient (Wildman–Crippen LogP) is 5.38. The van der Waals surface area contributed by atoms with Crippen molar-refractivity contribution in [1.82, 2.24) is 9.47 Å². The molecule has 188 valence electrons. The molecule has 0 amide bonds. The van der Waals surface area contributed by atoms with E-state index in [1.807, 2.05) is 12.1 Å². The Morgan fingerprint density at radius 2 is 1.46 bits per heavy atom. The van der Waals surface area contributed by atoms with Crippen molar-refractivity contribution < 1.29 is 8.78 Å². The highest BCUT2D eigenvalue weighted by atomic mass is 19.1. The van der Waals surface area contributed by atoms with Gasteiger partial charge in [0.25, 0.3) is 5.56 Å². The van der Waals surface area contributed by atoms with Gasteiger partial charge in [0.15, 0.2) is 0 Å². The third-order valence-corrected chi connectivity index (χ3v) is 7.40. The first-order chi connectivity index (χ1) is 17.8. The van der Waals surface area contributed by atoms with E-state index >= 15 is 0 Å². The molecule has 5 rings (SSSR count). The van der Waals surface area contributed by atoms with Crippen molar-refractivity contribution in [2.75, 3.05) is 18.0 Å². The molecule has 0 spiro atoms. The lowest BCUT2D eigenvalue weighted by Gasteiger charge is -2.48. The van der Waals surface area contributed by atoms with Crippen LogP contribution in [0.3, 0.4) is 0 Å². The van der Waals surface area contributed by atoms with Crippen LogP contribution in [0.15, 0.2) is 77.6 Å². The molecule has 7 heteroatoms. The summed E-state index contributed by atoms with van der Waals surface area (Å²) in [6.45, 7) is 5.54. The Morgan fingerprint density at radius 1 is 0.865 bits per heavy atom. The van der Waals surface area contributed by atoms with Crippen LogP contribution in [0, 0.1) is 23.0 Å². The van der Waals surface area contributed by atoms with Crippen LogP contribution in [0.2, 0.25) is 0 Å². The fraction of sp³-hybridized carbons (Fsp3) is 0.267. The number of nitriles is 1. The normalized spacial score (nSPS) is 18.4. The fourth-order valence-corrected chi connectivity index (χ4v) is 5.47. The zero-order valence-electron chi connectivity index (χ0n) is 21.0. The Balaban J connectivity index is 1.55. The van der Waals surface area contributed by atoms with Gasteiger partial charge in [0.1, 0.15) is 11.6 Å². The van der Waals surface area contributed by atoms with Crippen LogP contribution >= 0.6 is 0 Å². The largest absolute Gasteiger partial charge is 0.365 e. The molecule has 0 N–H and O–H groups in total. The number of hydrogen-bond acceptors (Lipinski definition) is 4.